The van der Waals surface area contributed by atoms with Gasteiger partial charge in [0.15, 0.2) is 0 Å². The van der Waals surface area contributed by atoms with Gasteiger partial charge in [0.05, 0.1) is 6.04 Å². The van der Waals surface area contributed by atoms with E-state index in [-0.39, 0.29) is 11.9 Å². The standard InChI is InChI=1S/C13H17BrN2O/c1-15-12-3-2-8-16(13(12)17)9-10-4-6-11(14)7-5-10/h4-7,12,15H,2-3,8-9H2,1H3. The number of halogens is 1. The Kier molecular flexibility index (Phi) is 4.18. The van der Waals surface area contributed by atoms with Crippen LogP contribution >= 0.6 is 15.9 Å². The normalized spacial score (nSPS) is 20.7. The van der Waals surface area contributed by atoms with E-state index in [2.05, 4.69) is 33.4 Å². The summed E-state index contributed by atoms with van der Waals surface area (Å²) in [5.74, 6) is 0.224. The van der Waals surface area contributed by atoms with E-state index < -0.39 is 0 Å². The van der Waals surface area contributed by atoms with Gasteiger partial charge in [-0.1, -0.05) is 28.1 Å². The van der Waals surface area contributed by atoms with Crippen molar-refractivity contribution in [3.8, 4) is 0 Å². The molecule has 0 spiro atoms. The quantitative estimate of drug-likeness (QED) is 0.927. The molecule has 1 saturated heterocycles. The van der Waals surface area contributed by atoms with Crippen LogP contribution in [0.3, 0.4) is 0 Å². The van der Waals surface area contributed by atoms with Crippen LogP contribution in [0.5, 0.6) is 0 Å². The number of rotatable bonds is 3. The van der Waals surface area contributed by atoms with Crippen LogP contribution in [-0.2, 0) is 11.3 Å². The van der Waals surface area contributed by atoms with Crippen molar-refractivity contribution in [2.45, 2.75) is 25.4 Å². The number of nitrogens with one attached hydrogen (secondary N) is 1. The van der Waals surface area contributed by atoms with Gasteiger partial charge in [-0.3, -0.25) is 4.79 Å². The molecule has 1 aliphatic rings. The molecule has 0 bridgehead atoms. The molecule has 0 aliphatic carbocycles. The summed E-state index contributed by atoms with van der Waals surface area (Å²) < 4.78 is 1.07. The van der Waals surface area contributed by atoms with Crippen LogP contribution in [0.1, 0.15) is 18.4 Å². The Hall–Kier alpha value is -0.870. The molecule has 1 fully saturated rings. The van der Waals surface area contributed by atoms with Crippen molar-refractivity contribution < 1.29 is 4.79 Å². The van der Waals surface area contributed by atoms with Gasteiger partial charge in [0.1, 0.15) is 0 Å². The summed E-state index contributed by atoms with van der Waals surface area (Å²) in [4.78, 5) is 14.0. The Labute approximate surface area is 110 Å². The molecule has 1 heterocycles. The fraction of sp³-hybridized carbons (Fsp3) is 0.462. The molecule has 0 saturated carbocycles. The first-order valence-electron chi connectivity index (χ1n) is 5.91. The number of likely N-dealkylation sites (N-methyl/N-ethyl adjacent to an activating group) is 1. The summed E-state index contributed by atoms with van der Waals surface area (Å²) in [5, 5.41) is 3.08. The van der Waals surface area contributed by atoms with Crippen LogP contribution in [0, 0.1) is 0 Å². The number of nitrogens with zero attached hydrogens (tertiary/aromatic N) is 1. The van der Waals surface area contributed by atoms with E-state index in [1.54, 1.807) is 0 Å². The maximum absolute atomic E-state index is 12.1. The van der Waals surface area contributed by atoms with Crippen molar-refractivity contribution in [2.24, 2.45) is 0 Å². The molecule has 1 aromatic rings. The van der Waals surface area contributed by atoms with Gasteiger partial charge < -0.3 is 10.2 Å². The molecule has 2 rings (SSSR count). The van der Waals surface area contributed by atoms with Gasteiger partial charge in [0.25, 0.3) is 0 Å². The number of likely N-dealkylation sites (tertiary alicyclic amines) is 1. The maximum atomic E-state index is 12.1. The summed E-state index contributed by atoms with van der Waals surface area (Å²) in [6.07, 6.45) is 2.03. The highest BCUT2D eigenvalue weighted by atomic mass is 79.9. The predicted molar refractivity (Wildman–Crippen MR) is 71.6 cm³/mol. The molecular formula is C13H17BrN2O. The van der Waals surface area contributed by atoms with Crippen LogP contribution < -0.4 is 5.32 Å². The maximum Gasteiger partial charge on any atom is 0.239 e. The van der Waals surface area contributed by atoms with Crippen LogP contribution in [0.25, 0.3) is 0 Å². The molecule has 3 nitrogen and oxygen atoms in total. The van der Waals surface area contributed by atoms with Gasteiger partial charge in [0.2, 0.25) is 5.91 Å². The van der Waals surface area contributed by atoms with Crippen LogP contribution in [0.15, 0.2) is 28.7 Å². The molecule has 1 unspecified atom stereocenters. The predicted octanol–water partition coefficient (Wildman–Crippen LogP) is 2.16. The monoisotopic (exact) mass is 296 g/mol. The average Bonchev–Trinajstić information content (AvgIpc) is 2.35. The van der Waals surface area contributed by atoms with E-state index in [1.807, 2.05) is 24.1 Å². The van der Waals surface area contributed by atoms with Crippen molar-refractivity contribution in [3.63, 3.8) is 0 Å². The number of amides is 1. The minimum absolute atomic E-state index is 0.000742. The summed E-state index contributed by atoms with van der Waals surface area (Å²) >= 11 is 3.41. The molecule has 1 atom stereocenters. The molecule has 0 aromatic heterocycles. The second-order valence-corrected chi connectivity index (χ2v) is 5.29. The molecule has 17 heavy (non-hydrogen) atoms. The Morgan fingerprint density at radius 2 is 2.12 bits per heavy atom. The van der Waals surface area contributed by atoms with Crippen molar-refractivity contribution >= 4 is 21.8 Å². The lowest BCUT2D eigenvalue weighted by Gasteiger charge is -2.32. The summed E-state index contributed by atoms with van der Waals surface area (Å²) in [6, 6.07) is 8.14. The van der Waals surface area contributed by atoms with Crippen LogP contribution in [0.4, 0.5) is 0 Å². The summed E-state index contributed by atoms with van der Waals surface area (Å²) in [5.41, 5.74) is 1.18. The molecule has 0 radical (unpaired) electrons. The number of piperidine rings is 1. The number of benzene rings is 1. The van der Waals surface area contributed by atoms with Crippen molar-refractivity contribution in [1.29, 1.82) is 0 Å². The average molecular weight is 297 g/mol. The molecular weight excluding hydrogens is 280 g/mol. The minimum Gasteiger partial charge on any atom is -0.337 e. The molecule has 1 N–H and O–H groups in total. The van der Waals surface area contributed by atoms with E-state index in [0.717, 1.165) is 23.9 Å². The number of hydrogen-bond donors (Lipinski definition) is 1. The number of carbonyl (C=O) groups excluding carboxylic acids is 1. The van der Waals surface area contributed by atoms with Crippen molar-refractivity contribution in [1.82, 2.24) is 10.2 Å². The van der Waals surface area contributed by atoms with Gasteiger partial charge in [0, 0.05) is 17.6 Å². The highest BCUT2D eigenvalue weighted by Gasteiger charge is 2.26. The second kappa shape index (κ2) is 5.65. The molecule has 1 aliphatic heterocycles. The second-order valence-electron chi connectivity index (χ2n) is 4.37. The fourth-order valence-corrected chi connectivity index (χ4v) is 2.44. The Balaban J connectivity index is 2.02. The summed E-state index contributed by atoms with van der Waals surface area (Å²) in [6.45, 7) is 1.58. The minimum atomic E-state index is -0.000742. The molecule has 1 amide bonds. The first kappa shape index (κ1) is 12.6. The zero-order chi connectivity index (χ0) is 12.3. The zero-order valence-electron chi connectivity index (χ0n) is 9.95. The zero-order valence-corrected chi connectivity index (χ0v) is 11.5. The van der Waals surface area contributed by atoms with Crippen molar-refractivity contribution in [2.75, 3.05) is 13.6 Å². The van der Waals surface area contributed by atoms with E-state index in [9.17, 15) is 4.79 Å². The van der Waals surface area contributed by atoms with Crippen LogP contribution in [-0.4, -0.2) is 30.4 Å². The first-order valence-corrected chi connectivity index (χ1v) is 6.70. The third kappa shape index (κ3) is 3.07. The largest absolute Gasteiger partial charge is 0.337 e. The van der Waals surface area contributed by atoms with Gasteiger partial charge >= 0.3 is 0 Å². The lowest BCUT2D eigenvalue weighted by molar-refractivity contribution is -0.136. The summed E-state index contributed by atoms with van der Waals surface area (Å²) in [7, 11) is 1.85. The highest BCUT2D eigenvalue weighted by molar-refractivity contribution is 9.10. The Bertz CT molecular complexity index is 391. The first-order chi connectivity index (χ1) is 8.20. The smallest absolute Gasteiger partial charge is 0.239 e. The van der Waals surface area contributed by atoms with Gasteiger partial charge in [-0.05, 0) is 37.6 Å². The lowest BCUT2D eigenvalue weighted by Crippen LogP contribution is -2.49. The Morgan fingerprint density at radius 3 is 2.76 bits per heavy atom. The number of carbonyl (C=O) groups is 1. The number of hydrogen-bond acceptors (Lipinski definition) is 2. The van der Waals surface area contributed by atoms with E-state index in [0.29, 0.717) is 6.54 Å². The van der Waals surface area contributed by atoms with E-state index >= 15 is 0 Å². The van der Waals surface area contributed by atoms with Gasteiger partial charge in [-0.2, -0.15) is 0 Å². The molecule has 92 valence electrons. The van der Waals surface area contributed by atoms with Crippen LogP contribution in [0.2, 0.25) is 0 Å². The topological polar surface area (TPSA) is 32.3 Å². The molecule has 1 aromatic carbocycles. The van der Waals surface area contributed by atoms with Gasteiger partial charge in [-0.15, -0.1) is 0 Å². The Morgan fingerprint density at radius 1 is 1.41 bits per heavy atom. The lowest BCUT2D eigenvalue weighted by atomic mass is 10.0. The van der Waals surface area contributed by atoms with E-state index in [4.69, 9.17) is 0 Å². The molecule has 4 heteroatoms. The third-order valence-electron chi connectivity index (χ3n) is 3.17. The highest BCUT2D eigenvalue weighted by Crippen LogP contribution is 2.16. The SMILES string of the molecule is CNC1CCCN(Cc2ccc(Br)cc2)C1=O. The van der Waals surface area contributed by atoms with Crippen molar-refractivity contribution in [3.05, 3.63) is 34.3 Å². The van der Waals surface area contributed by atoms with Gasteiger partial charge in [-0.25, -0.2) is 0 Å². The fourth-order valence-electron chi connectivity index (χ4n) is 2.18. The van der Waals surface area contributed by atoms with E-state index in [1.165, 1.54) is 5.56 Å². The third-order valence-corrected chi connectivity index (χ3v) is 3.69.